The van der Waals surface area contributed by atoms with Crippen molar-refractivity contribution in [3.8, 4) is 11.3 Å². The van der Waals surface area contributed by atoms with E-state index >= 15 is 0 Å². The van der Waals surface area contributed by atoms with Crippen LogP contribution in [0.5, 0.6) is 0 Å². The molecule has 1 saturated heterocycles. The van der Waals surface area contributed by atoms with Crippen LogP contribution < -0.4 is 5.56 Å². The monoisotopic (exact) mass is 436 g/mol. The molecular formula is C23H24N4O5. The lowest BCUT2D eigenvalue weighted by Crippen LogP contribution is -2.40. The van der Waals surface area contributed by atoms with Crippen LogP contribution in [0, 0.1) is 0 Å². The third kappa shape index (κ3) is 4.39. The van der Waals surface area contributed by atoms with Gasteiger partial charge in [-0.15, -0.1) is 0 Å². The van der Waals surface area contributed by atoms with Crippen LogP contribution in [0.1, 0.15) is 20.7 Å². The second-order valence-corrected chi connectivity index (χ2v) is 7.32. The lowest BCUT2D eigenvalue weighted by atomic mass is 10.1. The summed E-state index contributed by atoms with van der Waals surface area (Å²) < 4.78 is 13.0. The first-order valence-electron chi connectivity index (χ1n) is 10.4. The number of hydrogen-bond acceptors (Lipinski definition) is 6. The number of aromatic nitrogens is 3. The third-order valence-corrected chi connectivity index (χ3v) is 5.28. The van der Waals surface area contributed by atoms with Gasteiger partial charge in [0, 0.05) is 44.7 Å². The van der Waals surface area contributed by atoms with Crippen molar-refractivity contribution in [2.45, 2.75) is 6.54 Å². The van der Waals surface area contributed by atoms with Crippen LogP contribution in [0.2, 0.25) is 0 Å². The van der Waals surface area contributed by atoms with Gasteiger partial charge >= 0.3 is 0 Å². The summed E-state index contributed by atoms with van der Waals surface area (Å²) in [5.74, 6) is -0.675. The second kappa shape index (κ2) is 9.71. The minimum absolute atomic E-state index is 0.183. The van der Waals surface area contributed by atoms with Crippen molar-refractivity contribution < 1.29 is 19.1 Å². The molecule has 2 aromatic heterocycles. The normalized spacial score (nSPS) is 13.8. The van der Waals surface area contributed by atoms with Gasteiger partial charge in [0.25, 0.3) is 17.4 Å². The highest BCUT2D eigenvalue weighted by Gasteiger charge is 2.27. The average Bonchev–Trinajstić information content (AvgIpc) is 3.28. The van der Waals surface area contributed by atoms with Gasteiger partial charge in [-0.2, -0.15) is 5.10 Å². The molecule has 0 saturated carbocycles. The fourth-order valence-corrected chi connectivity index (χ4v) is 3.57. The van der Waals surface area contributed by atoms with E-state index in [1.807, 2.05) is 6.07 Å². The van der Waals surface area contributed by atoms with Gasteiger partial charge in [0.15, 0.2) is 0 Å². The molecule has 3 heterocycles. The molecule has 9 heteroatoms. The minimum atomic E-state index is -0.386. The lowest BCUT2D eigenvalue weighted by molar-refractivity contribution is 0.0303. The van der Waals surface area contributed by atoms with Crippen LogP contribution in [0.4, 0.5) is 0 Å². The molecule has 32 heavy (non-hydrogen) atoms. The Hall–Kier alpha value is -3.56. The number of pyridine rings is 1. The van der Waals surface area contributed by atoms with Crippen LogP contribution in [-0.4, -0.2) is 71.1 Å². The van der Waals surface area contributed by atoms with E-state index in [0.29, 0.717) is 45.0 Å². The van der Waals surface area contributed by atoms with E-state index in [-0.39, 0.29) is 34.2 Å². The summed E-state index contributed by atoms with van der Waals surface area (Å²) >= 11 is 0. The highest BCUT2D eigenvalue weighted by Crippen LogP contribution is 2.22. The summed E-state index contributed by atoms with van der Waals surface area (Å²) in [5.41, 5.74) is 0.760. The Kier molecular flexibility index (Phi) is 6.58. The van der Waals surface area contributed by atoms with Crippen molar-refractivity contribution in [3.05, 3.63) is 76.3 Å². The Morgan fingerprint density at radius 1 is 1.06 bits per heavy atom. The molecule has 1 aromatic carbocycles. The maximum absolute atomic E-state index is 13.3. The molecule has 0 N–H and O–H groups in total. The van der Waals surface area contributed by atoms with E-state index in [9.17, 15) is 14.4 Å². The second-order valence-electron chi connectivity index (χ2n) is 7.32. The summed E-state index contributed by atoms with van der Waals surface area (Å²) in [6.45, 7) is 2.47. The van der Waals surface area contributed by atoms with Gasteiger partial charge in [-0.1, -0.05) is 18.2 Å². The summed E-state index contributed by atoms with van der Waals surface area (Å²) in [6.07, 6.45) is 3.06. The van der Waals surface area contributed by atoms with Gasteiger partial charge in [-0.05, 0) is 24.3 Å². The van der Waals surface area contributed by atoms with Gasteiger partial charge in [-0.3, -0.25) is 14.4 Å². The standard InChI is InChI=1S/C23H24N4O5/c1-31-13-10-25-9-5-8-18(22(25)29)20-19(23(30)26-11-14-32-15-12-26)16-27(24-20)21(28)17-6-3-2-4-7-17/h2-9,16H,10-15H2,1H3. The van der Waals surface area contributed by atoms with Crippen LogP contribution >= 0.6 is 0 Å². The smallest absolute Gasteiger partial charge is 0.278 e. The number of methoxy groups -OCH3 is 1. The van der Waals surface area contributed by atoms with Crippen molar-refractivity contribution in [3.63, 3.8) is 0 Å². The minimum Gasteiger partial charge on any atom is -0.383 e. The highest BCUT2D eigenvalue weighted by atomic mass is 16.5. The number of morpholine rings is 1. The SMILES string of the molecule is COCCn1cccc(-c2nn(C(=O)c3ccccc3)cc2C(=O)N2CCOCC2)c1=O. The number of benzene rings is 1. The zero-order chi connectivity index (χ0) is 22.5. The van der Waals surface area contributed by atoms with Gasteiger partial charge in [0.2, 0.25) is 0 Å². The van der Waals surface area contributed by atoms with Crippen LogP contribution in [0.3, 0.4) is 0 Å². The molecule has 3 aromatic rings. The largest absolute Gasteiger partial charge is 0.383 e. The zero-order valence-corrected chi connectivity index (χ0v) is 17.8. The topological polar surface area (TPSA) is 95.7 Å². The van der Waals surface area contributed by atoms with Gasteiger partial charge < -0.3 is 18.9 Å². The molecule has 0 bridgehead atoms. The predicted octanol–water partition coefficient (Wildman–Crippen LogP) is 1.52. The summed E-state index contributed by atoms with van der Waals surface area (Å²) in [5, 5.41) is 4.40. The molecule has 1 amide bonds. The van der Waals surface area contributed by atoms with E-state index in [1.165, 1.54) is 10.8 Å². The molecule has 0 spiro atoms. The highest BCUT2D eigenvalue weighted by molar-refractivity contribution is 6.02. The molecule has 4 rings (SSSR count). The Morgan fingerprint density at radius 2 is 1.81 bits per heavy atom. The lowest BCUT2D eigenvalue weighted by Gasteiger charge is -2.26. The van der Waals surface area contributed by atoms with Gasteiger partial charge in [-0.25, -0.2) is 4.68 Å². The van der Waals surface area contributed by atoms with E-state index in [4.69, 9.17) is 9.47 Å². The fraction of sp³-hybridized carbons (Fsp3) is 0.304. The van der Waals surface area contributed by atoms with Crippen LogP contribution in [-0.2, 0) is 16.0 Å². The van der Waals surface area contributed by atoms with Crippen molar-refractivity contribution >= 4 is 11.8 Å². The molecule has 9 nitrogen and oxygen atoms in total. The maximum Gasteiger partial charge on any atom is 0.278 e. The Morgan fingerprint density at radius 3 is 2.53 bits per heavy atom. The molecule has 0 atom stereocenters. The number of ether oxygens (including phenoxy) is 2. The zero-order valence-electron chi connectivity index (χ0n) is 17.8. The molecule has 166 valence electrons. The van der Waals surface area contributed by atoms with Gasteiger partial charge in [0.1, 0.15) is 5.69 Å². The van der Waals surface area contributed by atoms with Gasteiger partial charge in [0.05, 0.1) is 30.9 Å². The molecule has 1 fully saturated rings. The third-order valence-electron chi connectivity index (χ3n) is 5.28. The fourth-order valence-electron chi connectivity index (χ4n) is 3.57. The first kappa shape index (κ1) is 21.7. The number of nitrogens with zero attached hydrogens (tertiary/aromatic N) is 4. The average molecular weight is 436 g/mol. The number of carbonyl (C=O) groups is 2. The summed E-state index contributed by atoms with van der Waals surface area (Å²) in [4.78, 5) is 41.1. The van der Waals surface area contributed by atoms with E-state index in [1.54, 1.807) is 54.6 Å². The molecule has 0 unspecified atom stereocenters. The molecule has 0 aliphatic carbocycles. The van der Waals surface area contributed by atoms with Crippen LogP contribution in [0.15, 0.2) is 59.7 Å². The molecule has 1 aliphatic rings. The van der Waals surface area contributed by atoms with E-state index in [2.05, 4.69) is 5.10 Å². The quantitative estimate of drug-likeness (QED) is 0.581. The Balaban J connectivity index is 1.80. The van der Waals surface area contributed by atoms with E-state index in [0.717, 1.165) is 4.68 Å². The maximum atomic E-state index is 13.3. The van der Waals surface area contributed by atoms with Crippen LogP contribution in [0.25, 0.3) is 11.3 Å². The Bertz CT molecular complexity index is 1160. The predicted molar refractivity (Wildman–Crippen MR) is 117 cm³/mol. The number of carbonyl (C=O) groups excluding carboxylic acids is 2. The number of hydrogen-bond donors (Lipinski definition) is 0. The number of rotatable bonds is 6. The first-order chi connectivity index (χ1) is 15.6. The summed E-state index contributed by atoms with van der Waals surface area (Å²) in [6, 6.07) is 12.0. The van der Waals surface area contributed by atoms with Crippen molar-refractivity contribution in [1.29, 1.82) is 0 Å². The van der Waals surface area contributed by atoms with Crippen molar-refractivity contribution in [2.75, 3.05) is 40.0 Å². The summed E-state index contributed by atoms with van der Waals surface area (Å²) in [7, 11) is 1.56. The molecule has 0 radical (unpaired) electrons. The van der Waals surface area contributed by atoms with Crippen molar-refractivity contribution in [1.82, 2.24) is 19.2 Å². The van der Waals surface area contributed by atoms with Crippen molar-refractivity contribution in [2.24, 2.45) is 0 Å². The molecular weight excluding hydrogens is 412 g/mol. The number of amides is 1. The van der Waals surface area contributed by atoms with E-state index < -0.39 is 0 Å². The first-order valence-corrected chi connectivity index (χ1v) is 10.4. The Labute approximate surface area is 184 Å². The molecule has 1 aliphatic heterocycles.